The summed E-state index contributed by atoms with van der Waals surface area (Å²) in [5.41, 5.74) is 2.34. The minimum atomic E-state index is -0.969. The van der Waals surface area contributed by atoms with Crippen LogP contribution in [0.4, 0.5) is 0 Å². The molecule has 2 N–H and O–H groups in total. The van der Waals surface area contributed by atoms with Crippen molar-refractivity contribution in [2.75, 3.05) is 6.54 Å². The first-order valence-corrected chi connectivity index (χ1v) is 9.50. The highest BCUT2D eigenvalue weighted by atomic mass is 16.3. The van der Waals surface area contributed by atoms with Crippen LogP contribution in [0.2, 0.25) is 0 Å². The van der Waals surface area contributed by atoms with Gasteiger partial charge in [-0.3, -0.25) is 0 Å². The highest BCUT2D eigenvalue weighted by Gasteiger charge is 2.48. The van der Waals surface area contributed by atoms with E-state index in [1.165, 1.54) is 10.5 Å². The fraction of sp³-hybridized carbons (Fsp3) is 0.250. The fourth-order valence-electron chi connectivity index (χ4n) is 4.44. The third-order valence-corrected chi connectivity index (χ3v) is 5.69. The van der Waals surface area contributed by atoms with Gasteiger partial charge in [0.2, 0.25) is 0 Å². The summed E-state index contributed by atoms with van der Waals surface area (Å²) < 4.78 is 0. The number of aliphatic hydroxyl groups is 1. The minimum absolute atomic E-state index is 0.146. The van der Waals surface area contributed by atoms with Gasteiger partial charge in [-0.2, -0.15) is 0 Å². The maximum Gasteiger partial charge on any atom is 0.166 e. The first-order valence-electron chi connectivity index (χ1n) is 9.50. The third kappa shape index (κ3) is 3.18. The first kappa shape index (κ1) is 17.0. The number of benzene rings is 3. The number of rotatable bonds is 5. The second-order valence-electron chi connectivity index (χ2n) is 7.26. The van der Waals surface area contributed by atoms with Gasteiger partial charge in [0.1, 0.15) is 12.6 Å². The monoisotopic (exact) mass is 344 g/mol. The van der Waals surface area contributed by atoms with E-state index < -0.39 is 5.60 Å². The Morgan fingerprint density at radius 3 is 1.81 bits per heavy atom. The molecule has 1 unspecified atom stereocenters. The van der Waals surface area contributed by atoms with E-state index in [9.17, 15) is 5.11 Å². The zero-order chi connectivity index (χ0) is 17.8. The molecule has 3 aromatic carbocycles. The van der Waals surface area contributed by atoms with Crippen molar-refractivity contribution in [2.24, 2.45) is 0 Å². The molecule has 1 aliphatic heterocycles. The highest BCUT2D eigenvalue weighted by Crippen LogP contribution is 2.35. The van der Waals surface area contributed by atoms with Crippen LogP contribution in [0.1, 0.15) is 29.5 Å². The van der Waals surface area contributed by atoms with Gasteiger partial charge in [0.25, 0.3) is 0 Å². The van der Waals surface area contributed by atoms with E-state index in [1.807, 2.05) is 36.4 Å². The molecular formula is C24H26NO+. The van der Waals surface area contributed by atoms with E-state index >= 15 is 0 Å². The second-order valence-corrected chi connectivity index (χ2v) is 7.26. The van der Waals surface area contributed by atoms with Gasteiger partial charge < -0.3 is 10.0 Å². The summed E-state index contributed by atoms with van der Waals surface area (Å²) >= 11 is 0. The second kappa shape index (κ2) is 7.45. The van der Waals surface area contributed by atoms with Gasteiger partial charge in [-0.1, -0.05) is 91.0 Å². The lowest BCUT2D eigenvalue weighted by atomic mass is 9.79. The van der Waals surface area contributed by atoms with Crippen LogP contribution in [0.15, 0.2) is 91.0 Å². The topological polar surface area (TPSA) is 24.7 Å². The summed E-state index contributed by atoms with van der Waals surface area (Å²) in [4.78, 5) is 1.46. The molecule has 0 bridgehead atoms. The average molecular weight is 344 g/mol. The normalized spacial score (nSPS) is 20.2. The number of nitrogens with one attached hydrogen (secondary N) is 1. The average Bonchev–Trinajstić information content (AvgIpc) is 3.18. The van der Waals surface area contributed by atoms with Crippen molar-refractivity contribution in [1.82, 2.24) is 0 Å². The molecule has 2 nitrogen and oxygen atoms in total. The molecule has 0 amide bonds. The summed E-state index contributed by atoms with van der Waals surface area (Å²) in [6.07, 6.45) is 2.18. The maximum absolute atomic E-state index is 12.1. The Kier molecular flexibility index (Phi) is 4.87. The Hall–Kier alpha value is -2.42. The molecule has 1 saturated heterocycles. The Labute approximate surface area is 155 Å². The molecule has 1 heterocycles. The van der Waals surface area contributed by atoms with Crippen LogP contribution in [-0.2, 0) is 12.1 Å². The van der Waals surface area contributed by atoms with Crippen molar-refractivity contribution in [1.29, 1.82) is 0 Å². The molecule has 26 heavy (non-hydrogen) atoms. The lowest BCUT2D eigenvalue weighted by Gasteiger charge is -2.37. The molecule has 2 atom stereocenters. The molecule has 0 radical (unpaired) electrons. The van der Waals surface area contributed by atoms with Gasteiger partial charge in [0.05, 0.1) is 6.54 Å². The van der Waals surface area contributed by atoms with Crippen LogP contribution in [0.5, 0.6) is 0 Å². The van der Waals surface area contributed by atoms with Crippen molar-refractivity contribution >= 4 is 0 Å². The van der Waals surface area contributed by atoms with Crippen molar-refractivity contribution in [2.45, 2.75) is 31.0 Å². The smallest absolute Gasteiger partial charge is 0.166 e. The van der Waals surface area contributed by atoms with Gasteiger partial charge in [-0.05, 0) is 11.1 Å². The van der Waals surface area contributed by atoms with Crippen molar-refractivity contribution in [3.05, 3.63) is 108 Å². The highest BCUT2D eigenvalue weighted by molar-refractivity contribution is 5.37. The molecule has 4 rings (SSSR count). The van der Waals surface area contributed by atoms with Crippen LogP contribution in [0.3, 0.4) is 0 Å². The Balaban J connectivity index is 1.74. The molecule has 0 aromatic heterocycles. The number of hydrogen-bond acceptors (Lipinski definition) is 1. The summed E-state index contributed by atoms with van der Waals surface area (Å²) in [6.45, 7) is 2.05. The molecule has 0 spiro atoms. The summed E-state index contributed by atoms with van der Waals surface area (Å²) in [5.74, 6) is 0. The Morgan fingerprint density at radius 2 is 1.27 bits per heavy atom. The summed E-state index contributed by atoms with van der Waals surface area (Å²) in [7, 11) is 0. The summed E-state index contributed by atoms with van der Waals surface area (Å²) in [5, 5.41) is 12.1. The van der Waals surface area contributed by atoms with E-state index in [1.54, 1.807) is 0 Å². The van der Waals surface area contributed by atoms with E-state index in [-0.39, 0.29) is 6.04 Å². The van der Waals surface area contributed by atoms with Gasteiger partial charge in [0, 0.05) is 18.4 Å². The lowest BCUT2D eigenvalue weighted by Crippen LogP contribution is -3.14. The molecule has 1 aliphatic rings. The third-order valence-electron chi connectivity index (χ3n) is 5.69. The van der Waals surface area contributed by atoms with Gasteiger partial charge in [-0.15, -0.1) is 0 Å². The molecule has 132 valence electrons. The lowest BCUT2D eigenvalue weighted by molar-refractivity contribution is -0.933. The van der Waals surface area contributed by atoms with Crippen LogP contribution < -0.4 is 4.90 Å². The standard InChI is InChI=1S/C24H25NO/c26-24(21-13-6-2-7-14-21,22-15-8-3-9-16-22)23-17-10-18-25(23)19-20-11-4-1-5-12-20/h1-9,11-16,23,26H,10,17-19H2/p+1/t23-/m1/s1. The molecule has 3 aromatic rings. The van der Waals surface area contributed by atoms with E-state index in [0.29, 0.717) is 0 Å². The largest absolute Gasteiger partial charge is 0.374 e. The van der Waals surface area contributed by atoms with Crippen LogP contribution in [-0.4, -0.2) is 17.7 Å². The van der Waals surface area contributed by atoms with E-state index in [4.69, 9.17) is 0 Å². The minimum Gasteiger partial charge on any atom is -0.374 e. The molecule has 2 heteroatoms. The first-order chi connectivity index (χ1) is 12.8. The number of quaternary nitrogens is 1. The van der Waals surface area contributed by atoms with Crippen molar-refractivity contribution in [3.8, 4) is 0 Å². The van der Waals surface area contributed by atoms with Crippen LogP contribution in [0, 0.1) is 0 Å². The Bertz CT molecular complexity index is 777. The van der Waals surface area contributed by atoms with Crippen molar-refractivity contribution < 1.29 is 10.0 Å². The Morgan fingerprint density at radius 1 is 0.769 bits per heavy atom. The van der Waals surface area contributed by atoms with Gasteiger partial charge in [0.15, 0.2) is 5.60 Å². The summed E-state index contributed by atoms with van der Waals surface area (Å²) in [6, 6.07) is 31.1. The number of hydrogen-bond donors (Lipinski definition) is 2. The molecular weight excluding hydrogens is 318 g/mol. The predicted molar refractivity (Wildman–Crippen MR) is 105 cm³/mol. The maximum atomic E-state index is 12.1. The zero-order valence-electron chi connectivity index (χ0n) is 15.0. The number of likely N-dealkylation sites (tertiary alicyclic amines) is 1. The fourth-order valence-corrected chi connectivity index (χ4v) is 4.44. The van der Waals surface area contributed by atoms with E-state index in [0.717, 1.165) is 37.1 Å². The van der Waals surface area contributed by atoms with Crippen LogP contribution in [0.25, 0.3) is 0 Å². The van der Waals surface area contributed by atoms with Gasteiger partial charge >= 0.3 is 0 Å². The molecule has 0 aliphatic carbocycles. The molecule has 1 fully saturated rings. The quantitative estimate of drug-likeness (QED) is 0.730. The zero-order valence-corrected chi connectivity index (χ0v) is 15.0. The predicted octanol–water partition coefficient (Wildman–Crippen LogP) is 3.17. The van der Waals surface area contributed by atoms with E-state index in [2.05, 4.69) is 54.6 Å². The van der Waals surface area contributed by atoms with Gasteiger partial charge in [-0.25, -0.2) is 0 Å². The molecule has 0 saturated carbocycles. The SMILES string of the molecule is OC(c1ccccc1)(c1ccccc1)[C@H]1CCC[NH+]1Cc1ccccc1. The van der Waals surface area contributed by atoms with Crippen LogP contribution >= 0.6 is 0 Å². The van der Waals surface area contributed by atoms with Crippen molar-refractivity contribution in [3.63, 3.8) is 0 Å².